The average Bonchev–Trinajstić information content (AvgIpc) is 3.08. The highest BCUT2D eigenvalue weighted by atomic mass is 16.5. The predicted molar refractivity (Wildman–Crippen MR) is 78.6 cm³/mol. The summed E-state index contributed by atoms with van der Waals surface area (Å²) in [7, 11) is 1.85. The topological polar surface area (TPSA) is 32.8 Å². The van der Waals surface area contributed by atoms with Crippen LogP contribution in [-0.2, 0) is 9.53 Å². The van der Waals surface area contributed by atoms with Gasteiger partial charge in [0.15, 0.2) is 0 Å². The number of rotatable bonds is 3. The first kappa shape index (κ1) is 14.3. The number of nitrogens with zero attached hydrogens (tertiary/aromatic N) is 2. The Bertz CT molecular complexity index is 354. The Hall–Kier alpha value is -0.610. The Morgan fingerprint density at radius 3 is 2.65 bits per heavy atom. The van der Waals surface area contributed by atoms with E-state index in [1.165, 1.54) is 44.9 Å². The third-order valence-corrected chi connectivity index (χ3v) is 5.61. The first-order valence-electron chi connectivity index (χ1n) is 8.26. The summed E-state index contributed by atoms with van der Waals surface area (Å²) in [4.78, 5) is 16.8. The van der Waals surface area contributed by atoms with Gasteiger partial charge < -0.3 is 9.64 Å². The van der Waals surface area contributed by atoms with Gasteiger partial charge in [0.1, 0.15) is 0 Å². The number of methoxy groups -OCH3 is 1. The number of hydrogen-bond acceptors (Lipinski definition) is 3. The van der Waals surface area contributed by atoms with E-state index in [0.717, 1.165) is 26.2 Å². The van der Waals surface area contributed by atoms with Crippen LogP contribution in [-0.4, -0.2) is 61.6 Å². The third kappa shape index (κ3) is 2.73. The lowest BCUT2D eigenvalue weighted by Gasteiger charge is -2.43. The molecule has 0 aromatic heterocycles. The standard InChI is InChI=1S/C16H28N2O2/c1-20-14-6-4-7-16(14)8-5-9-17(13-16)12-15(19)18-10-2-3-11-18/h14H,2-13H2,1H3/t14-,16-/m1/s1. The largest absolute Gasteiger partial charge is 0.381 e. The molecule has 20 heavy (non-hydrogen) atoms. The van der Waals surface area contributed by atoms with Crippen molar-refractivity contribution in [2.45, 2.75) is 51.0 Å². The van der Waals surface area contributed by atoms with Crippen LogP contribution in [0.3, 0.4) is 0 Å². The fraction of sp³-hybridized carbons (Fsp3) is 0.938. The summed E-state index contributed by atoms with van der Waals surface area (Å²) in [5.41, 5.74) is 0.332. The molecule has 1 spiro atoms. The molecule has 2 atom stereocenters. The molecule has 0 aromatic carbocycles. The Kier molecular flexibility index (Phi) is 4.32. The lowest BCUT2D eigenvalue weighted by molar-refractivity contribution is -0.133. The molecule has 114 valence electrons. The van der Waals surface area contributed by atoms with Crippen LogP contribution in [0, 0.1) is 5.41 Å². The minimum atomic E-state index is 0.332. The Morgan fingerprint density at radius 1 is 1.15 bits per heavy atom. The maximum atomic E-state index is 12.3. The number of ether oxygens (including phenoxy) is 1. The van der Waals surface area contributed by atoms with Crippen molar-refractivity contribution in [2.24, 2.45) is 5.41 Å². The summed E-state index contributed by atoms with van der Waals surface area (Å²) in [6, 6.07) is 0. The lowest BCUT2D eigenvalue weighted by Crippen LogP contribution is -2.50. The number of piperidine rings is 1. The molecule has 4 nitrogen and oxygen atoms in total. The van der Waals surface area contributed by atoms with Gasteiger partial charge in [0.05, 0.1) is 12.6 Å². The van der Waals surface area contributed by atoms with Crippen molar-refractivity contribution in [3.8, 4) is 0 Å². The predicted octanol–water partition coefficient (Wildman–Crippen LogP) is 1.89. The number of carbonyl (C=O) groups excluding carboxylic acids is 1. The maximum absolute atomic E-state index is 12.3. The van der Waals surface area contributed by atoms with E-state index in [2.05, 4.69) is 4.90 Å². The Balaban J connectivity index is 1.59. The van der Waals surface area contributed by atoms with E-state index in [1.807, 2.05) is 12.0 Å². The normalized spacial score (nSPS) is 35.0. The van der Waals surface area contributed by atoms with Crippen LogP contribution in [0.25, 0.3) is 0 Å². The van der Waals surface area contributed by atoms with E-state index in [4.69, 9.17) is 4.74 Å². The van der Waals surface area contributed by atoms with E-state index in [0.29, 0.717) is 24.0 Å². The number of carbonyl (C=O) groups is 1. The molecular formula is C16H28N2O2. The molecule has 0 N–H and O–H groups in total. The van der Waals surface area contributed by atoms with Gasteiger partial charge in [0.25, 0.3) is 0 Å². The second kappa shape index (κ2) is 6.02. The Labute approximate surface area is 122 Å². The molecule has 0 unspecified atom stereocenters. The smallest absolute Gasteiger partial charge is 0.236 e. The molecule has 4 heteroatoms. The van der Waals surface area contributed by atoms with Crippen molar-refractivity contribution in [3.63, 3.8) is 0 Å². The molecule has 2 aliphatic heterocycles. The van der Waals surface area contributed by atoms with Crippen LogP contribution < -0.4 is 0 Å². The van der Waals surface area contributed by atoms with Crippen molar-refractivity contribution in [1.29, 1.82) is 0 Å². The van der Waals surface area contributed by atoms with Gasteiger partial charge in [-0.05, 0) is 45.1 Å². The Morgan fingerprint density at radius 2 is 1.90 bits per heavy atom. The molecule has 2 saturated heterocycles. The van der Waals surface area contributed by atoms with E-state index in [1.54, 1.807) is 0 Å². The molecule has 1 amide bonds. The molecular weight excluding hydrogens is 252 g/mol. The highest BCUT2D eigenvalue weighted by Gasteiger charge is 2.46. The van der Waals surface area contributed by atoms with Gasteiger partial charge in [-0.2, -0.15) is 0 Å². The summed E-state index contributed by atoms with van der Waals surface area (Å²) in [5.74, 6) is 0.339. The quantitative estimate of drug-likeness (QED) is 0.791. The van der Waals surface area contributed by atoms with E-state index >= 15 is 0 Å². The summed E-state index contributed by atoms with van der Waals surface area (Å²) < 4.78 is 5.74. The van der Waals surface area contributed by atoms with Crippen molar-refractivity contribution in [1.82, 2.24) is 9.80 Å². The molecule has 1 saturated carbocycles. The molecule has 3 aliphatic rings. The minimum Gasteiger partial charge on any atom is -0.381 e. The fourth-order valence-electron chi connectivity index (χ4n) is 4.59. The zero-order valence-corrected chi connectivity index (χ0v) is 12.8. The summed E-state index contributed by atoms with van der Waals surface area (Å²) in [6.07, 6.45) is 9.03. The van der Waals surface area contributed by atoms with E-state index in [9.17, 15) is 4.79 Å². The van der Waals surface area contributed by atoms with E-state index < -0.39 is 0 Å². The molecule has 0 radical (unpaired) electrons. The number of likely N-dealkylation sites (tertiary alicyclic amines) is 2. The number of hydrogen-bond donors (Lipinski definition) is 0. The third-order valence-electron chi connectivity index (χ3n) is 5.61. The van der Waals surface area contributed by atoms with Gasteiger partial charge in [0, 0.05) is 32.2 Å². The van der Waals surface area contributed by atoms with Gasteiger partial charge >= 0.3 is 0 Å². The average molecular weight is 280 g/mol. The molecule has 2 heterocycles. The zero-order valence-electron chi connectivity index (χ0n) is 12.8. The van der Waals surface area contributed by atoms with Crippen molar-refractivity contribution < 1.29 is 9.53 Å². The lowest BCUT2D eigenvalue weighted by atomic mass is 9.76. The summed E-state index contributed by atoms with van der Waals surface area (Å²) in [5, 5.41) is 0. The SMILES string of the molecule is CO[C@@H]1CCC[C@]12CCCN(CC(=O)N1CCCC1)C2. The maximum Gasteiger partial charge on any atom is 0.236 e. The summed E-state index contributed by atoms with van der Waals surface area (Å²) in [6.45, 7) is 4.71. The fourth-order valence-corrected chi connectivity index (χ4v) is 4.59. The second-order valence-electron chi connectivity index (χ2n) is 6.88. The molecule has 1 aliphatic carbocycles. The highest BCUT2D eigenvalue weighted by Crippen LogP contribution is 2.46. The van der Waals surface area contributed by atoms with Crippen molar-refractivity contribution in [3.05, 3.63) is 0 Å². The van der Waals surface area contributed by atoms with Gasteiger partial charge in [-0.25, -0.2) is 0 Å². The van der Waals surface area contributed by atoms with Crippen LogP contribution in [0.4, 0.5) is 0 Å². The highest BCUT2D eigenvalue weighted by molar-refractivity contribution is 5.78. The van der Waals surface area contributed by atoms with Crippen LogP contribution in [0.2, 0.25) is 0 Å². The monoisotopic (exact) mass is 280 g/mol. The van der Waals surface area contributed by atoms with Crippen LogP contribution in [0.5, 0.6) is 0 Å². The van der Waals surface area contributed by atoms with Gasteiger partial charge in [0.2, 0.25) is 5.91 Å². The first-order chi connectivity index (χ1) is 9.73. The van der Waals surface area contributed by atoms with Crippen molar-refractivity contribution >= 4 is 5.91 Å². The molecule has 3 rings (SSSR count). The minimum absolute atomic E-state index is 0.332. The second-order valence-corrected chi connectivity index (χ2v) is 6.88. The van der Waals surface area contributed by atoms with Crippen molar-refractivity contribution in [2.75, 3.05) is 39.8 Å². The van der Waals surface area contributed by atoms with Gasteiger partial charge in [-0.3, -0.25) is 9.69 Å². The van der Waals surface area contributed by atoms with Crippen LogP contribution in [0.15, 0.2) is 0 Å². The first-order valence-corrected chi connectivity index (χ1v) is 8.26. The van der Waals surface area contributed by atoms with Crippen LogP contribution >= 0.6 is 0 Å². The van der Waals surface area contributed by atoms with Gasteiger partial charge in [-0.15, -0.1) is 0 Å². The van der Waals surface area contributed by atoms with Crippen LogP contribution in [0.1, 0.15) is 44.9 Å². The molecule has 0 bridgehead atoms. The van der Waals surface area contributed by atoms with E-state index in [-0.39, 0.29) is 0 Å². The molecule has 3 fully saturated rings. The molecule has 0 aromatic rings. The number of amides is 1. The van der Waals surface area contributed by atoms with Gasteiger partial charge in [-0.1, -0.05) is 6.42 Å². The zero-order chi connectivity index (χ0) is 14.0. The summed E-state index contributed by atoms with van der Waals surface area (Å²) >= 11 is 0.